The summed E-state index contributed by atoms with van der Waals surface area (Å²) < 4.78 is 25.8. The molecule has 1 N–H and O–H groups in total. The predicted molar refractivity (Wildman–Crippen MR) is 115 cm³/mol. The first-order valence-corrected chi connectivity index (χ1v) is 11.3. The van der Waals surface area contributed by atoms with Crippen molar-refractivity contribution in [2.24, 2.45) is 0 Å². The molecule has 0 saturated carbocycles. The minimum atomic E-state index is -3.41. The van der Waals surface area contributed by atoms with Gasteiger partial charge in [-0.05, 0) is 62.9 Å². The van der Waals surface area contributed by atoms with Gasteiger partial charge < -0.3 is 5.32 Å². The van der Waals surface area contributed by atoms with E-state index < -0.39 is 10.0 Å². The molecule has 0 aliphatic carbocycles. The lowest BCUT2D eigenvalue weighted by Gasteiger charge is -2.23. The Morgan fingerprint density at radius 2 is 1.68 bits per heavy atom. The second-order valence-electron chi connectivity index (χ2n) is 7.41. The van der Waals surface area contributed by atoms with Crippen LogP contribution in [0.4, 0.5) is 5.69 Å². The van der Waals surface area contributed by atoms with Gasteiger partial charge in [0.05, 0.1) is 18.0 Å². The Bertz CT molecular complexity index is 921. The zero-order valence-corrected chi connectivity index (χ0v) is 18.1. The Morgan fingerprint density at radius 3 is 2.25 bits per heavy atom. The van der Waals surface area contributed by atoms with Crippen molar-refractivity contribution in [1.29, 1.82) is 0 Å². The smallest absolute Gasteiger partial charge is 0.232 e. The van der Waals surface area contributed by atoms with Crippen molar-refractivity contribution in [1.82, 2.24) is 5.32 Å². The number of aryl methyl sites for hydroxylation is 3. The first-order chi connectivity index (χ1) is 13.1. The molecule has 0 aliphatic rings. The summed E-state index contributed by atoms with van der Waals surface area (Å²) in [5.41, 5.74) is 5.01. The number of amides is 1. The van der Waals surface area contributed by atoms with Crippen molar-refractivity contribution >= 4 is 21.6 Å². The highest BCUT2D eigenvalue weighted by Gasteiger charge is 2.18. The molecule has 6 heteroatoms. The standard InChI is InChI=1S/C22H30N2O3S/c1-16-8-11-20(12-9-16)19(4)23-22(25)7-6-14-24(28(5,26)27)21-13-10-17(2)18(3)15-21/h8-13,15,19H,6-7,14H2,1-5H3,(H,23,25)/t19-/m1/s1. The Kier molecular flexibility index (Phi) is 7.24. The molecule has 0 saturated heterocycles. The third-order valence-electron chi connectivity index (χ3n) is 4.90. The summed E-state index contributed by atoms with van der Waals surface area (Å²) in [6.45, 7) is 8.19. The Labute approximate surface area is 168 Å². The highest BCUT2D eigenvalue weighted by Crippen LogP contribution is 2.22. The van der Waals surface area contributed by atoms with Crippen molar-refractivity contribution in [3.8, 4) is 0 Å². The number of anilines is 1. The van der Waals surface area contributed by atoms with Crippen LogP contribution in [0.3, 0.4) is 0 Å². The molecule has 0 bridgehead atoms. The van der Waals surface area contributed by atoms with Gasteiger partial charge >= 0.3 is 0 Å². The summed E-state index contributed by atoms with van der Waals surface area (Å²) >= 11 is 0. The van der Waals surface area contributed by atoms with Gasteiger partial charge in [0.25, 0.3) is 0 Å². The van der Waals surface area contributed by atoms with Crippen LogP contribution in [-0.4, -0.2) is 27.1 Å². The van der Waals surface area contributed by atoms with Gasteiger partial charge in [0.15, 0.2) is 0 Å². The molecule has 0 aliphatic heterocycles. The maximum absolute atomic E-state index is 12.3. The number of hydrogen-bond donors (Lipinski definition) is 1. The number of carbonyl (C=O) groups excluding carboxylic acids is 1. The molecule has 2 rings (SSSR count). The molecule has 2 aromatic rings. The van der Waals surface area contributed by atoms with Crippen LogP contribution in [0.1, 0.15) is 48.1 Å². The van der Waals surface area contributed by atoms with E-state index in [9.17, 15) is 13.2 Å². The fraction of sp³-hybridized carbons (Fsp3) is 0.409. The highest BCUT2D eigenvalue weighted by atomic mass is 32.2. The molecule has 0 fully saturated rings. The molecule has 0 radical (unpaired) electrons. The number of nitrogens with zero attached hydrogens (tertiary/aromatic N) is 1. The predicted octanol–water partition coefficient (Wildman–Crippen LogP) is 4.04. The van der Waals surface area contributed by atoms with Crippen molar-refractivity contribution in [2.75, 3.05) is 17.1 Å². The second-order valence-corrected chi connectivity index (χ2v) is 9.31. The average molecular weight is 403 g/mol. The largest absolute Gasteiger partial charge is 0.350 e. The summed E-state index contributed by atoms with van der Waals surface area (Å²) in [6, 6.07) is 13.6. The first-order valence-electron chi connectivity index (χ1n) is 9.49. The summed E-state index contributed by atoms with van der Waals surface area (Å²) in [4.78, 5) is 12.3. The molecule has 2 aromatic carbocycles. The SMILES string of the molecule is Cc1ccc([C@@H](C)NC(=O)CCCN(c2ccc(C)c(C)c2)S(C)(=O)=O)cc1. The van der Waals surface area contributed by atoms with Gasteiger partial charge in [-0.3, -0.25) is 9.10 Å². The lowest BCUT2D eigenvalue weighted by atomic mass is 10.1. The minimum absolute atomic E-state index is 0.0818. The van der Waals surface area contributed by atoms with Gasteiger partial charge in [-0.1, -0.05) is 35.9 Å². The number of carbonyl (C=O) groups is 1. The fourth-order valence-corrected chi connectivity index (χ4v) is 3.96. The molecule has 1 atom stereocenters. The van der Waals surface area contributed by atoms with E-state index in [1.165, 1.54) is 16.1 Å². The summed E-state index contributed by atoms with van der Waals surface area (Å²) in [6.07, 6.45) is 1.92. The number of nitrogens with one attached hydrogen (secondary N) is 1. The third kappa shape index (κ3) is 6.09. The Morgan fingerprint density at radius 1 is 1.04 bits per heavy atom. The molecular weight excluding hydrogens is 372 g/mol. The van der Waals surface area contributed by atoms with Crippen LogP contribution in [-0.2, 0) is 14.8 Å². The van der Waals surface area contributed by atoms with E-state index in [0.717, 1.165) is 16.7 Å². The van der Waals surface area contributed by atoms with Gasteiger partial charge in [-0.25, -0.2) is 8.42 Å². The zero-order valence-electron chi connectivity index (χ0n) is 17.3. The molecule has 0 unspecified atom stereocenters. The van der Waals surface area contributed by atoms with Crippen LogP contribution < -0.4 is 9.62 Å². The molecule has 28 heavy (non-hydrogen) atoms. The molecule has 0 heterocycles. The maximum atomic E-state index is 12.3. The van der Waals surface area contributed by atoms with E-state index in [1.54, 1.807) is 0 Å². The van der Waals surface area contributed by atoms with E-state index >= 15 is 0 Å². The van der Waals surface area contributed by atoms with E-state index in [1.807, 2.05) is 70.2 Å². The molecular formula is C22H30N2O3S. The van der Waals surface area contributed by atoms with E-state index in [4.69, 9.17) is 0 Å². The Hall–Kier alpha value is -2.34. The number of sulfonamides is 1. The van der Waals surface area contributed by atoms with Crippen LogP contribution >= 0.6 is 0 Å². The van der Waals surface area contributed by atoms with Crippen LogP contribution in [0.5, 0.6) is 0 Å². The maximum Gasteiger partial charge on any atom is 0.232 e. The lowest BCUT2D eigenvalue weighted by molar-refractivity contribution is -0.121. The van der Waals surface area contributed by atoms with Crippen LogP contribution in [0.25, 0.3) is 0 Å². The normalized spacial score (nSPS) is 12.5. The van der Waals surface area contributed by atoms with E-state index in [2.05, 4.69) is 5.32 Å². The topological polar surface area (TPSA) is 66.5 Å². The second kappa shape index (κ2) is 9.24. The molecule has 0 aromatic heterocycles. The summed E-state index contributed by atoms with van der Waals surface area (Å²) in [7, 11) is -3.41. The number of rotatable bonds is 8. The Balaban J connectivity index is 1.95. The third-order valence-corrected chi connectivity index (χ3v) is 6.09. The summed E-state index contributed by atoms with van der Waals surface area (Å²) in [5.74, 6) is -0.0818. The average Bonchev–Trinajstić information content (AvgIpc) is 2.60. The van der Waals surface area contributed by atoms with Crippen molar-refractivity contribution in [3.05, 3.63) is 64.7 Å². The number of hydrogen-bond acceptors (Lipinski definition) is 3. The van der Waals surface area contributed by atoms with Gasteiger partial charge in [0.1, 0.15) is 0 Å². The monoisotopic (exact) mass is 402 g/mol. The van der Waals surface area contributed by atoms with Crippen molar-refractivity contribution < 1.29 is 13.2 Å². The fourth-order valence-electron chi connectivity index (χ4n) is 3.00. The van der Waals surface area contributed by atoms with Crippen LogP contribution in [0.2, 0.25) is 0 Å². The van der Waals surface area contributed by atoms with Crippen LogP contribution in [0.15, 0.2) is 42.5 Å². The van der Waals surface area contributed by atoms with Crippen LogP contribution in [0, 0.1) is 20.8 Å². The van der Waals surface area contributed by atoms with Gasteiger partial charge in [-0.15, -0.1) is 0 Å². The quantitative estimate of drug-likeness (QED) is 0.725. The minimum Gasteiger partial charge on any atom is -0.350 e. The van der Waals surface area contributed by atoms with E-state index in [0.29, 0.717) is 12.1 Å². The van der Waals surface area contributed by atoms with Gasteiger partial charge in [0.2, 0.25) is 15.9 Å². The van der Waals surface area contributed by atoms with Gasteiger partial charge in [-0.2, -0.15) is 0 Å². The first kappa shape index (κ1) is 22.0. The molecule has 0 spiro atoms. The lowest BCUT2D eigenvalue weighted by Crippen LogP contribution is -2.32. The zero-order chi connectivity index (χ0) is 20.9. The molecule has 5 nitrogen and oxygen atoms in total. The van der Waals surface area contributed by atoms with E-state index in [-0.39, 0.29) is 24.9 Å². The van der Waals surface area contributed by atoms with Crippen molar-refractivity contribution in [2.45, 2.75) is 46.6 Å². The summed E-state index contributed by atoms with van der Waals surface area (Å²) in [5, 5.41) is 2.98. The number of benzene rings is 2. The van der Waals surface area contributed by atoms with Crippen molar-refractivity contribution in [3.63, 3.8) is 0 Å². The highest BCUT2D eigenvalue weighted by molar-refractivity contribution is 7.92. The molecule has 1 amide bonds. The van der Waals surface area contributed by atoms with Gasteiger partial charge in [0, 0.05) is 13.0 Å². The molecule has 152 valence electrons.